The molecule has 2 aromatic heterocycles. The molecule has 0 saturated carbocycles. The third kappa shape index (κ3) is 4.20. The molecule has 196 valence electrons. The summed E-state index contributed by atoms with van der Waals surface area (Å²) in [6, 6.07) is 14.4. The lowest BCUT2D eigenvalue weighted by Gasteiger charge is -2.29. The number of para-hydroxylation sites is 1. The van der Waals surface area contributed by atoms with Gasteiger partial charge in [0.15, 0.2) is 5.11 Å². The fourth-order valence-electron chi connectivity index (χ4n) is 4.30. The van der Waals surface area contributed by atoms with E-state index < -0.39 is 34.2 Å². The number of thiocarbonyl (C=S) groups is 1. The molecule has 2 amide bonds. The molecule has 1 fully saturated rings. The molecule has 0 bridgehead atoms. The van der Waals surface area contributed by atoms with Crippen LogP contribution in [0, 0.1) is 0 Å². The third-order valence-corrected chi connectivity index (χ3v) is 7.15. The molecule has 39 heavy (non-hydrogen) atoms. The quantitative estimate of drug-likeness (QED) is 0.226. The number of aryl methyl sites for hydroxylation is 1. The highest BCUT2D eigenvalue weighted by atomic mass is 35.5. The van der Waals surface area contributed by atoms with Crippen molar-refractivity contribution >= 4 is 75.1 Å². The fraction of sp³-hybridized carbons (Fsp3) is 0.0769. The number of rotatable bonds is 3. The van der Waals surface area contributed by atoms with Gasteiger partial charge in [0.05, 0.1) is 22.0 Å². The smallest absolute Gasteiger partial charge is 0.298 e. The first kappa shape index (κ1) is 26.3. The number of carbonyl (C=O) groups excluding carboxylic acids is 2. The number of anilines is 1. The molecular weight excluding hydrogens is 565 g/mol. The molecular formula is C26H17Cl2N5O5S. The van der Waals surface area contributed by atoms with Gasteiger partial charge in [-0.2, -0.15) is 0 Å². The lowest BCUT2D eigenvalue weighted by molar-refractivity contribution is -0.122. The van der Waals surface area contributed by atoms with E-state index >= 15 is 0 Å². The maximum absolute atomic E-state index is 13.9. The minimum atomic E-state index is -0.856. The van der Waals surface area contributed by atoms with Gasteiger partial charge in [-0.1, -0.05) is 41.4 Å². The van der Waals surface area contributed by atoms with Crippen molar-refractivity contribution in [2.24, 2.45) is 14.1 Å². The second kappa shape index (κ2) is 9.77. The minimum absolute atomic E-state index is 0.0464. The van der Waals surface area contributed by atoms with E-state index in [2.05, 4.69) is 5.32 Å². The summed E-state index contributed by atoms with van der Waals surface area (Å²) in [4.78, 5) is 67.4. The lowest BCUT2D eigenvalue weighted by Crippen LogP contribution is -2.54. The molecule has 4 aromatic rings. The van der Waals surface area contributed by atoms with Crippen molar-refractivity contribution in [1.82, 2.24) is 19.0 Å². The van der Waals surface area contributed by atoms with Crippen molar-refractivity contribution < 1.29 is 9.59 Å². The Morgan fingerprint density at radius 3 is 2.10 bits per heavy atom. The van der Waals surface area contributed by atoms with Crippen molar-refractivity contribution in [2.45, 2.75) is 0 Å². The van der Waals surface area contributed by atoms with Gasteiger partial charge in [-0.25, -0.2) is 4.79 Å². The summed E-state index contributed by atoms with van der Waals surface area (Å²) in [7, 11) is 2.68. The Kier molecular flexibility index (Phi) is 6.59. The van der Waals surface area contributed by atoms with E-state index in [1.807, 2.05) is 0 Å². The summed E-state index contributed by atoms with van der Waals surface area (Å²) in [5, 5.41) is 2.22. The molecule has 0 atom stereocenters. The number of fused-ring (bicyclic) bond motifs is 1. The van der Waals surface area contributed by atoms with Crippen LogP contribution in [0.25, 0.3) is 22.8 Å². The Bertz CT molecular complexity index is 1940. The minimum Gasteiger partial charge on any atom is -0.298 e. The summed E-state index contributed by atoms with van der Waals surface area (Å²) in [5.41, 5.74) is -2.33. The third-order valence-electron chi connectivity index (χ3n) is 6.22. The van der Waals surface area contributed by atoms with Crippen molar-refractivity contribution in [1.29, 1.82) is 0 Å². The van der Waals surface area contributed by atoms with Crippen LogP contribution in [-0.4, -0.2) is 30.6 Å². The number of pyridine rings is 1. The zero-order chi connectivity index (χ0) is 28.2. The molecule has 5 rings (SSSR count). The second-order valence-corrected chi connectivity index (χ2v) is 9.74. The monoisotopic (exact) mass is 581 g/mol. The van der Waals surface area contributed by atoms with E-state index in [1.165, 1.54) is 26.2 Å². The first-order valence-electron chi connectivity index (χ1n) is 11.3. The Labute approximate surface area is 234 Å². The van der Waals surface area contributed by atoms with Crippen LogP contribution in [0.2, 0.25) is 10.0 Å². The van der Waals surface area contributed by atoms with E-state index in [9.17, 15) is 24.0 Å². The van der Waals surface area contributed by atoms with Crippen LogP contribution in [0.4, 0.5) is 5.69 Å². The van der Waals surface area contributed by atoms with E-state index in [-0.39, 0.29) is 26.7 Å². The average Bonchev–Trinajstić information content (AvgIpc) is 2.91. The average molecular weight is 582 g/mol. The standard InChI is InChI=1S/C26H17Cl2N5O5S/c1-30-21-18(24(37)31(2)26(30)38)19(28)16(22(35)32(21)14-6-4-3-5-7-14)12-17-20(34)29-25(39)33(23(17)36)15-10-8-13(27)9-11-15/h3-12H,1-2H3,(H,29,34,39)/b17-12-. The highest BCUT2D eigenvalue weighted by molar-refractivity contribution is 7.80. The zero-order valence-corrected chi connectivity index (χ0v) is 22.6. The van der Waals surface area contributed by atoms with Crippen molar-refractivity contribution in [2.75, 3.05) is 4.90 Å². The Balaban J connectivity index is 1.84. The molecule has 13 heteroatoms. The Hall–Kier alpha value is -4.32. The number of nitrogens with zero attached hydrogens (tertiary/aromatic N) is 4. The molecule has 1 N–H and O–H groups in total. The van der Waals surface area contributed by atoms with Gasteiger partial charge in [0.2, 0.25) is 0 Å². The van der Waals surface area contributed by atoms with Gasteiger partial charge in [0.25, 0.3) is 22.9 Å². The molecule has 0 spiro atoms. The number of amides is 2. The van der Waals surface area contributed by atoms with Crippen LogP contribution >= 0.6 is 35.4 Å². The SMILES string of the molecule is Cn1c(=O)c2c(Cl)c(/C=C3/C(=O)NC(=S)N(c4ccc(Cl)cc4)C3=O)c(=O)n(-c3ccccc3)c2n(C)c1=O. The maximum atomic E-state index is 13.9. The molecule has 1 saturated heterocycles. The predicted octanol–water partition coefficient (Wildman–Crippen LogP) is 2.53. The number of nitrogens with one attached hydrogen (secondary N) is 1. The molecule has 3 heterocycles. The van der Waals surface area contributed by atoms with E-state index in [0.29, 0.717) is 16.4 Å². The molecule has 1 aliphatic heterocycles. The largest absolute Gasteiger partial charge is 0.332 e. The highest BCUT2D eigenvalue weighted by Crippen LogP contribution is 2.28. The van der Waals surface area contributed by atoms with Gasteiger partial charge < -0.3 is 0 Å². The number of aromatic nitrogens is 3. The van der Waals surface area contributed by atoms with Gasteiger partial charge in [-0.05, 0) is 54.7 Å². The van der Waals surface area contributed by atoms with Crippen molar-refractivity contribution in [3.05, 3.63) is 107 Å². The molecule has 0 unspecified atom stereocenters. The van der Waals surface area contributed by atoms with E-state index in [1.54, 1.807) is 42.5 Å². The molecule has 2 aromatic carbocycles. The normalized spacial score (nSPS) is 14.8. The van der Waals surface area contributed by atoms with Gasteiger partial charge in [-0.15, -0.1) is 0 Å². The summed E-state index contributed by atoms with van der Waals surface area (Å²) in [6.45, 7) is 0. The van der Waals surface area contributed by atoms with Gasteiger partial charge in [0, 0.05) is 19.1 Å². The first-order valence-corrected chi connectivity index (χ1v) is 12.5. The number of halogens is 2. The lowest BCUT2D eigenvalue weighted by atomic mass is 10.1. The van der Waals surface area contributed by atoms with Crippen molar-refractivity contribution in [3.8, 4) is 5.69 Å². The van der Waals surface area contributed by atoms with Crippen LogP contribution < -0.4 is 27.0 Å². The van der Waals surface area contributed by atoms with Crippen LogP contribution in [0.1, 0.15) is 5.56 Å². The number of hydrogen-bond acceptors (Lipinski definition) is 6. The van der Waals surface area contributed by atoms with Gasteiger partial charge in [-0.3, -0.25) is 43.1 Å². The summed E-state index contributed by atoms with van der Waals surface area (Å²) in [5.74, 6) is -1.67. The second-order valence-electron chi connectivity index (χ2n) is 8.54. The number of hydrogen-bond donors (Lipinski definition) is 1. The summed E-state index contributed by atoms with van der Waals surface area (Å²) < 4.78 is 3.13. The number of carbonyl (C=O) groups is 2. The van der Waals surface area contributed by atoms with Crippen LogP contribution in [0.5, 0.6) is 0 Å². The van der Waals surface area contributed by atoms with E-state index in [4.69, 9.17) is 35.4 Å². The van der Waals surface area contributed by atoms with Crippen LogP contribution in [-0.2, 0) is 23.7 Å². The zero-order valence-electron chi connectivity index (χ0n) is 20.3. The van der Waals surface area contributed by atoms with Gasteiger partial charge in [0.1, 0.15) is 16.6 Å². The summed E-state index contributed by atoms with van der Waals surface area (Å²) in [6.07, 6.45) is 1.02. The molecule has 0 radical (unpaired) electrons. The number of benzene rings is 2. The topological polar surface area (TPSA) is 115 Å². The predicted molar refractivity (Wildman–Crippen MR) is 153 cm³/mol. The van der Waals surface area contributed by atoms with Crippen LogP contribution in [0.3, 0.4) is 0 Å². The van der Waals surface area contributed by atoms with Gasteiger partial charge >= 0.3 is 5.69 Å². The Morgan fingerprint density at radius 1 is 0.821 bits per heavy atom. The molecule has 10 nitrogen and oxygen atoms in total. The first-order chi connectivity index (χ1) is 18.5. The summed E-state index contributed by atoms with van der Waals surface area (Å²) >= 11 is 17.8. The molecule has 0 aliphatic carbocycles. The van der Waals surface area contributed by atoms with E-state index in [0.717, 1.165) is 24.7 Å². The fourth-order valence-corrected chi connectivity index (χ4v) is 5.01. The highest BCUT2D eigenvalue weighted by Gasteiger charge is 2.35. The van der Waals surface area contributed by atoms with Crippen LogP contribution in [0.15, 0.2) is 74.6 Å². The Morgan fingerprint density at radius 2 is 1.46 bits per heavy atom. The van der Waals surface area contributed by atoms with Crippen molar-refractivity contribution in [3.63, 3.8) is 0 Å². The maximum Gasteiger partial charge on any atom is 0.332 e. The molecule has 1 aliphatic rings.